The van der Waals surface area contributed by atoms with E-state index in [-0.39, 0.29) is 11.7 Å². The molecule has 3 rings (SSSR count). The van der Waals surface area contributed by atoms with Crippen LogP contribution in [0.4, 0.5) is 11.4 Å². The second-order valence-electron chi connectivity index (χ2n) is 5.49. The lowest BCUT2D eigenvalue weighted by Crippen LogP contribution is -2.31. The molecule has 0 saturated carbocycles. The van der Waals surface area contributed by atoms with Gasteiger partial charge < -0.3 is 15.4 Å². The highest BCUT2D eigenvalue weighted by molar-refractivity contribution is 6.11. The Labute approximate surface area is 134 Å². The Morgan fingerprint density at radius 2 is 1.91 bits per heavy atom. The molecule has 1 aliphatic heterocycles. The summed E-state index contributed by atoms with van der Waals surface area (Å²) < 4.78 is 5.19. The molecule has 2 N–H and O–H groups in total. The number of fused-ring (bicyclic) bond motifs is 1. The van der Waals surface area contributed by atoms with Crippen LogP contribution in [0.1, 0.15) is 33.6 Å². The van der Waals surface area contributed by atoms with Crippen molar-refractivity contribution in [2.45, 2.75) is 12.8 Å². The van der Waals surface area contributed by atoms with Crippen LogP contribution in [0.15, 0.2) is 42.5 Å². The first kappa shape index (κ1) is 15.1. The fourth-order valence-corrected chi connectivity index (χ4v) is 2.75. The minimum absolute atomic E-state index is 0.0338. The van der Waals surface area contributed by atoms with Crippen molar-refractivity contribution in [3.8, 4) is 5.75 Å². The van der Waals surface area contributed by atoms with E-state index in [9.17, 15) is 9.59 Å². The summed E-state index contributed by atoms with van der Waals surface area (Å²) in [6.07, 6.45) is 1.06. The van der Waals surface area contributed by atoms with Crippen LogP contribution in [-0.2, 0) is 0 Å². The van der Waals surface area contributed by atoms with Gasteiger partial charge in [0.1, 0.15) is 5.75 Å². The lowest BCUT2D eigenvalue weighted by Gasteiger charge is -2.23. The summed E-state index contributed by atoms with van der Waals surface area (Å²) in [7, 11) is 1.56. The van der Waals surface area contributed by atoms with Gasteiger partial charge in [0.25, 0.3) is 5.91 Å². The molecule has 0 radical (unpaired) electrons. The second-order valence-corrected chi connectivity index (χ2v) is 5.49. The molecule has 2 aromatic rings. The number of benzene rings is 2. The minimum Gasteiger partial charge on any atom is -0.497 e. The van der Waals surface area contributed by atoms with Gasteiger partial charge in [-0.2, -0.15) is 0 Å². The first-order valence-corrected chi connectivity index (χ1v) is 7.49. The van der Waals surface area contributed by atoms with E-state index in [4.69, 9.17) is 10.5 Å². The van der Waals surface area contributed by atoms with Crippen molar-refractivity contribution in [1.82, 2.24) is 0 Å². The number of nitrogens with two attached hydrogens (primary N) is 1. The number of anilines is 2. The number of Topliss-reactive ketones (excluding diaryl/α,β-unsaturated/α-hetero) is 1. The Morgan fingerprint density at radius 1 is 1.17 bits per heavy atom. The van der Waals surface area contributed by atoms with Crippen molar-refractivity contribution in [3.63, 3.8) is 0 Å². The van der Waals surface area contributed by atoms with E-state index in [1.807, 2.05) is 0 Å². The number of ketones is 1. The highest BCUT2D eigenvalue weighted by Gasteiger charge is 2.26. The second kappa shape index (κ2) is 6.12. The molecule has 118 valence electrons. The molecule has 0 fully saturated rings. The van der Waals surface area contributed by atoms with E-state index in [1.165, 1.54) is 0 Å². The van der Waals surface area contributed by atoms with Gasteiger partial charge >= 0.3 is 0 Å². The highest BCUT2D eigenvalue weighted by atomic mass is 16.5. The van der Waals surface area contributed by atoms with Crippen molar-refractivity contribution in [2.75, 3.05) is 24.3 Å². The van der Waals surface area contributed by atoms with Gasteiger partial charge in [-0.1, -0.05) is 0 Å². The topological polar surface area (TPSA) is 72.6 Å². The maximum Gasteiger partial charge on any atom is 0.258 e. The summed E-state index contributed by atoms with van der Waals surface area (Å²) in [6, 6.07) is 12.0. The normalized spacial score (nSPS) is 14.1. The SMILES string of the molecule is COc1ccc2c(c1)C(=O)CCCN2C(=O)c1ccc(N)cc1. The third-order valence-electron chi connectivity index (χ3n) is 3.98. The van der Waals surface area contributed by atoms with E-state index in [0.29, 0.717) is 47.6 Å². The molecule has 23 heavy (non-hydrogen) atoms. The minimum atomic E-state index is -0.133. The number of hydrogen-bond acceptors (Lipinski definition) is 4. The van der Waals surface area contributed by atoms with E-state index < -0.39 is 0 Å². The molecule has 5 heteroatoms. The van der Waals surface area contributed by atoms with E-state index in [1.54, 1.807) is 54.5 Å². The Bertz CT molecular complexity index is 753. The van der Waals surface area contributed by atoms with Crippen LogP contribution in [0.5, 0.6) is 5.75 Å². The molecule has 0 aromatic heterocycles. The molecule has 0 spiro atoms. The van der Waals surface area contributed by atoms with Crippen molar-refractivity contribution in [2.24, 2.45) is 0 Å². The van der Waals surface area contributed by atoms with Crippen LogP contribution < -0.4 is 15.4 Å². The van der Waals surface area contributed by atoms with Gasteiger partial charge in [-0.25, -0.2) is 0 Å². The molecule has 2 aromatic carbocycles. The first-order chi connectivity index (χ1) is 11.1. The Balaban J connectivity index is 2.03. The maximum atomic E-state index is 12.8. The predicted octanol–water partition coefficient (Wildman–Crippen LogP) is 2.90. The molecule has 1 amide bonds. The molecule has 0 unspecified atom stereocenters. The summed E-state index contributed by atoms with van der Waals surface area (Å²) in [4.78, 5) is 26.8. The first-order valence-electron chi connectivity index (χ1n) is 7.49. The monoisotopic (exact) mass is 310 g/mol. The van der Waals surface area contributed by atoms with Crippen LogP contribution in [0.25, 0.3) is 0 Å². The molecular weight excluding hydrogens is 292 g/mol. The number of nitrogens with zero attached hydrogens (tertiary/aromatic N) is 1. The molecule has 1 aliphatic rings. The van der Waals surface area contributed by atoms with Crippen LogP contribution >= 0.6 is 0 Å². The molecule has 0 bridgehead atoms. The lowest BCUT2D eigenvalue weighted by atomic mass is 10.1. The van der Waals surface area contributed by atoms with Crippen molar-refractivity contribution >= 4 is 23.1 Å². The fraction of sp³-hybridized carbons (Fsp3) is 0.222. The zero-order valence-corrected chi connectivity index (χ0v) is 12.9. The van der Waals surface area contributed by atoms with Crippen LogP contribution in [0.2, 0.25) is 0 Å². The molecular formula is C18H18N2O3. The third-order valence-corrected chi connectivity index (χ3v) is 3.98. The van der Waals surface area contributed by atoms with Gasteiger partial charge in [-0.15, -0.1) is 0 Å². The van der Waals surface area contributed by atoms with Crippen LogP contribution in [0, 0.1) is 0 Å². The summed E-state index contributed by atoms with van der Waals surface area (Å²) in [5, 5.41) is 0. The van der Waals surface area contributed by atoms with Gasteiger partial charge in [0.2, 0.25) is 0 Å². The number of hydrogen-bond donors (Lipinski definition) is 1. The molecule has 0 atom stereocenters. The molecule has 5 nitrogen and oxygen atoms in total. The van der Waals surface area contributed by atoms with Gasteiger partial charge in [-0.3, -0.25) is 9.59 Å². The Kier molecular flexibility index (Phi) is 4.02. The average molecular weight is 310 g/mol. The van der Waals surface area contributed by atoms with E-state index in [0.717, 1.165) is 0 Å². The quantitative estimate of drug-likeness (QED) is 0.866. The van der Waals surface area contributed by atoms with Gasteiger partial charge in [0.05, 0.1) is 12.8 Å². The van der Waals surface area contributed by atoms with Crippen molar-refractivity contribution in [1.29, 1.82) is 0 Å². The number of methoxy groups -OCH3 is 1. The zero-order valence-electron chi connectivity index (χ0n) is 12.9. The fourth-order valence-electron chi connectivity index (χ4n) is 2.75. The Morgan fingerprint density at radius 3 is 2.61 bits per heavy atom. The van der Waals surface area contributed by atoms with Gasteiger partial charge in [-0.05, 0) is 48.9 Å². The van der Waals surface area contributed by atoms with Gasteiger partial charge in [0, 0.05) is 29.8 Å². The standard InChI is InChI=1S/C18H18N2O3/c1-23-14-8-9-16-15(11-14)17(21)3-2-10-20(16)18(22)12-4-6-13(19)7-5-12/h4-9,11H,2-3,10,19H2,1H3. The maximum absolute atomic E-state index is 12.8. The predicted molar refractivity (Wildman–Crippen MR) is 89.1 cm³/mol. The Hall–Kier alpha value is -2.82. The van der Waals surface area contributed by atoms with Gasteiger partial charge in [0.15, 0.2) is 5.78 Å². The molecule has 1 heterocycles. The van der Waals surface area contributed by atoms with E-state index in [2.05, 4.69) is 0 Å². The summed E-state index contributed by atoms with van der Waals surface area (Å²) in [6.45, 7) is 0.508. The number of amides is 1. The number of nitrogen functional groups attached to an aromatic ring is 1. The zero-order chi connectivity index (χ0) is 16.4. The number of carbonyl (C=O) groups excluding carboxylic acids is 2. The third kappa shape index (κ3) is 2.90. The lowest BCUT2D eigenvalue weighted by molar-refractivity contribution is 0.0973. The summed E-state index contributed by atoms with van der Waals surface area (Å²) >= 11 is 0. The largest absolute Gasteiger partial charge is 0.497 e. The summed E-state index contributed by atoms with van der Waals surface area (Å²) in [5.41, 5.74) is 8.00. The summed E-state index contributed by atoms with van der Waals surface area (Å²) in [5.74, 6) is 0.511. The van der Waals surface area contributed by atoms with Crippen LogP contribution in [0.3, 0.4) is 0 Å². The number of rotatable bonds is 2. The van der Waals surface area contributed by atoms with Crippen molar-refractivity contribution < 1.29 is 14.3 Å². The van der Waals surface area contributed by atoms with Crippen molar-refractivity contribution in [3.05, 3.63) is 53.6 Å². The number of ether oxygens (including phenoxy) is 1. The smallest absolute Gasteiger partial charge is 0.258 e. The van der Waals surface area contributed by atoms with Crippen LogP contribution in [-0.4, -0.2) is 25.3 Å². The molecule has 0 aliphatic carbocycles. The highest BCUT2D eigenvalue weighted by Crippen LogP contribution is 2.31. The van der Waals surface area contributed by atoms with E-state index >= 15 is 0 Å². The number of carbonyl (C=O) groups is 2. The molecule has 0 saturated heterocycles. The average Bonchev–Trinajstić information content (AvgIpc) is 2.74.